The van der Waals surface area contributed by atoms with Gasteiger partial charge in [0.25, 0.3) is 20.2 Å². The number of aliphatic hydroxyl groups excluding tert-OH is 3. The highest BCUT2D eigenvalue weighted by Crippen LogP contribution is 2.75. The van der Waals surface area contributed by atoms with Crippen LogP contribution in [0.4, 0.5) is 0 Å². The lowest BCUT2D eigenvalue weighted by Gasteiger charge is -2.68. The highest BCUT2D eigenvalue weighted by molar-refractivity contribution is 7.86. The predicted octanol–water partition coefficient (Wildman–Crippen LogP) is 8.07. The molecule has 0 heterocycles. The average Bonchev–Trinajstić information content (AvgIpc) is 3.81. The van der Waals surface area contributed by atoms with Crippen LogP contribution in [0.5, 0.6) is 0 Å². The van der Waals surface area contributed by atoms with Gasteiger partial charge in [-0.1, -0.05) is 48.5 Å². The molecule has 8 fully saturated rings. The highest BCUT2D eigenvalue weighted by Gasteiger charge is 2.68. The van der Waals surface area contributed by atoms with Crippen LogP contribution in [0.3, 0.4) is 0 Å². The Bertz CT molecular complexity index is 2130. The molecule has 0 spiro atoms. The third kappa shape index (κ3) is 9.79. The number of aliphatic hydroxyl groups is 3. The Kier molecular flexibility index (Phi) is 15.2. The smallest absolute Gasteiger partial charge is 0.266 e. The number of carbonyl (C=O) groups is 2. The second kappa shape index (κ2) is 19.4. The molecule has 0 aromatic rings. The Morgan fingerprint density at radius 1 is 0.565 bits per heavy atom. The zero-order valence-corrected chi connectivity index (χ0v) is 44.9. The second-order valence-electron chi connectivity index (χ2n) is 26.8. The lowest BCUT2D eigenvalue weighted by atomic mass is 9.37. The van der Waals surface area contributed by atoms with E-state index in [0.717, 1.165) is 116 Å². The van der Waals surface area contributed by atoms with Gasteiger partial charge in [0.15, 0.2) is 0 Å². The summed E-state index contributed by atoms with van der Waals surface area (Å²) in [7, 11) is -8.24. The van der Waals surface area contributed by atoms with Gasteiger partial charge >= 0.3 is 0 Å². The van der Waals surface area contributed by atoms with Crippen molar-refractivity contribution in [2.75, 3.05) is 31.2 Å². The zero-order valence-electron chi connectivity index (χ0n) is 43.3. The van der Waals surface area contributed by atoms with Crippen LogP contribution in [0.1, 0.15) is 177 Å². The van der Waals surface area contributed by atoms with Crippen molar-refractivity contribution in [3.8, 4) is 0 Å². The number of amides is 2. The van der Waals surface area contributed by atoms with Crippen molar-refractivity contribution in [2.24, 2.45) is 104 Å². The van der Waals surface area contributed by atoms with E-state index in [9.17, 15) is 41.7 Å². The second-order valence-corrected chi connectivity index (χ2v) is 29.9. The molecule has 396 valence electrons. The summed E-state index contributed by atoms with van der Waals surface area (Å²) in [5, 5.41) is 41.8. The Morgan fingerprint density at radius 3 is 1.39 bits per heavy atom. The van der Waals surface area contributed by atoms with Gasteiger partial charge in [0.2, 0.25) is 11.8 Å². The molecule has 0 bridgehead atoms. The molecule has 0 saturated heterocycles. The van der Waals surface area contributed by atoms with E-state index in [4.69, 9.17) is 9.11 Å². The van der Waals surface area contributed by atoms with Crippen LogP contribution in [0.15, 0.2) is 0 Å². The van der Waals surface area contributed by atoms with E-state index >= 15 is 0 Å². The lowest BCUT2D eigenvalue weighted by Crippen LogP contribution is -2.63. The number of hydrogen-bond acceptors (Lipinski definition) is 9. The van der Waals surface area contributed by atoms with Crippen molar-refractivity contribution in [3.63, 3.8) is 0 Å². The predicted molar refractivity (Wildman–Crippen MR) is 266 cm³/mol. The summed E-state index contributed by atoms with van der Waals surface area (Å²) in [6.45, 7) is 17.0. The maximum Gasteiger partial charge on any atom is 0.266 e. The third-order valence-electron chi connectivity index (χ3n) is 24.0. The van der Waals surface area contributed by atoms with E-state index in [0.29, 0.717) is 72.0 Å². The summed E-state index contributed by atoms with van der Waals surface area (Å²) >= 11 is 0. The molecule has 69 heavy (non-hydrogen) atoms. The number of carbonyl (C=O) groups excluding carboxylic acids is 2. The average molecular weight is 1010 g/mol. The van der Waals surface area contributed by atoms with Gasteiger partial charge in [0.1, 0.15) is 0 Å². The normalized spacial score (nSPS) is 47.0. The van der Waals surface area contributed by atoms with Crippen molar-refractivity contribution in [1.29, 1.82) is 0 Å². The van der Waals surface area contributed by atoms with E-state index in [1.54, 1.807) is 0 Å². The fraction of sp³-hybridized carbons (Fsp3) is 0.963. The molecule has 0 radical (unpaired) electrons. The summed E-state index contributed by atoms with van der Waals surface area (Å²) in [6, 6.07) is 0. The van der Waals surface area contributed by atoms with Gasteiger partial charge in [-0.15, -0.1) is 0 Å². The molecule has 7 N–H and O–H groups in total. The molecule has 2 amide bonds. The Labute approximate surface area is 415 Å². The summed E-state index contributed by atoms with van der Waals surface area (Å²) in [5.74, 6) is 3.25. The molecule has 8 rings (SSSR count). The molecule has 0 aromatic heterocycles. The van der Waals surface area contributed by atoms with Crippen LogP contribution in [0.2, 0.25) is 0 Å². The minimum atomic E-state index is -4.12. The molecular weight excluding hydrogens is 917 g/mol. The Hall–Kier alpha value is -1.36. The molecule has 8 aliphatic carbocycles. The van der Waals surface area contributed by atoms with Gasteiger partial charge in [-0.05, 0) is 219 Å². The summed E-state index contributed by atoms with van der Waals surface area (Å²) < 4.78 is 62.5. The van der Waals surface area contributed by atoms with Gasteiger partial charge in [-0.2, -0.15) is 16.8 Å². The van der Waals surface area contributed by atoms with Crippen LogP contribution in [0.25, 0.3) is 0 Å². The molecule has 13 nitrogen and oxygen atoms in total. The van der Waals surface area contributed by atoms with Gasteiger partial charge in [-0.3, -0.25) is 18.7 Å². The van der Waals surface area contributed by atoms with Crippen LogP contribution in [-0.4, -0.2) is 96.5 Å². The molecule has 8 aliphatic rings. The van der Waals surface area contributed by atoms with Crippen molar-refractivity contribution in [2.45, 2.75) is 189 Å². The third-order valence-corrected chi connectivity index (χ3v) is 25.4. The highest BCUT2D eigenvalue weighted by atomic mass is 32.2. The minimum Gasteiger partial charge on any atom is -0.396 e. The van der Waals surface area contributed by atoms with Crippen molar-refractivity contribution < 1.29 is 50.8 Å². The summed E-state index contributed by atoms with van der Waals surface area (Å²) in [5.41, 5.74) is 0.134. The van der Waals surface area contributed by atoms with Crippen LogP contribution >= 0.6 is 0 Å². The van der Waals surface area contributed by atoms with Gasteiger partial charge in [-0.25, -0.2) is 0 Å². The maximum atomic E-state index is 12.6. The molecule has 8 saturated carbocycles. The van der Waals surface area contributed by atoms with Gasteiger partial charge in [0.05, 0.1) is 23.7 Å². The monoisotopic (exact) mass is 1010 g/mol. The number of hydrogen-bond donors (Lipinski definition) is 7. The molecule has 0 aromatic carbocycles. The SMILES string of the molecule is C[C@@H](CCC(=O)NCCS(=O)(=O)O)[C@H]1CC[C@@H]2[C@H]3[C@H](O)CC4CC(C)(C5(CO)CC[C@@]6(C)C(C[C@H](O)[C@H]7[C@@H]8CC[C@H]([C@@H](C)CCC(=O)NCCS(=O)(=O)O)[C@@]8(C)CC[C@@H]76)C5)CC[C@@]4(C)[C@@H]3CC[C@]21C. The fourth-order valence-electron chi connectivity index (χ4n) is 20.0. The fourth-order valence-corrected chi connectivity index (χ4v) is 20.7. The Morgan fingerprint density at radius 2 is 0.971 bits per heavy atom. The number of nitrogens with one attached hydrogen (secondary N) is 2. The first kappa shape index (κ1) is 53.9. The number of fused-ring (bicyclic) bond motifs is 10. The standard InChI is InChI=1S/C54H92N2O11S2/c1-33(8-14-45(60)55-24-26-68(62,63)64)37-10-12-39-47-41(16-18-52(37,39)6)50(4)21-20-49(3,30-35(50)28-43(47)58)54(32-57)23-22-51(5)36(31-54)29-44(59)48-40-13-11-38(53(40,7)19-17-42(48)51)34(2)9-15-46(61)56-25-27-69(65,66)67/h33-44,47-48,57-59H,8-32H2,1-7H3,(H,55,60)(H,56,61)(H,62,63,64)(H,65,66,67)/t33-,34-,35?,36?,37+,38+,39+,40-,41+,42-,43+,44-,47+,48-,49?,50+,51-,52-,53+,54?/m0/s1. The Balaban J connectivity index is 0.896. The molecule has 15 heteroatoms. The van der Waals surface area contributed by atoms with E-state index in [2.05, 4.69) is 59.1 Å². The number of rotatable bonds is 16. The van der Waals surface area contributed by atoms with Crippen molar-refractivity contribution in [1.82, 2.24) is 10.6 Å². The molecular formula is C54H92N2O11S2. The molecule has 4 unspecified atom stereocenters. The van der Waals surface area contributed by atoms with Gasteiger partial charge in [0, 0.05) is 32.5 Å². The topological polar surface area (TPSA) is 228 Å². The van der Waals surface area contributed by atoms with E-state index in [-0.39, 0.29) is 88.0 Å². The quantitative estimate of drug-likeness (QED) is 0.0732. The van der Waals surface area contributed by atoms with Crippen LogP contribution in [-0.2, 0) is 29.8 Å². The van der Waals surface area contributed by atoms with E-state index in [1.165, 1.54) is 0 Å². The van der Waals surface area contributed by atoms with Crippen molar-refractivity contribution in [3.05, 3.63) is 0 Å². The summed E-state index contributed by atoms with van der Waals surface area (Å²) in [4.78, 5) is 25.2. The minimum absolute atomic E-state index is 0.0648. The zero-order chi connectivity index (χ0) is 50.3. The largest absolute Gasteiger partial charge is 0.396 e. The first-order chi connectivity index (χ1) is 32.1. The lowest BCUT2D eigenvalue weighted by molar-refractivity contribution is -0.219. The van der Waals surface area contributed by atoms with Crippen LogP contribution < -0.4 is 10.6 Å². The van der Waals surface area contributed by atoms with E-state index < -0.39 is 31.7 Å². The van der Waals surface area contributed by atoms with Crippen LogP contribution in [0, 0.1) is 104 Å². The van der Waals surface area contributed by atoms with Gasteiger partial charge < -0.3 is 26.0 Å². The maximum absolute atomic E-state index is 12.6. The molecule has 20 atom stereocenters. The molecule has 0 aliphatic heterocycles. The van der Waals surface area contributed by atoms with Crippen molar-refractivity contribution >= 4 is 32.1 Å². The van der Waals surface area contributed by atoms with E-state index in [1.807, 2.05) is 0 Å². The first-order valence-corrected chi connectivity index (χ1v) is 30.8. The first-order valence-electron chi connectivity index (χ1n) is 27.5. The summed E-state index contributed by atoms with van der Waals surface area (Å²) in [6.07, 6.45) is 18.1.